The second-order valence-electron chi connectivity index (χ2n) is 7.12. The molecule has 1 fully saturated rings. The van der Waals surface area contributed by atoms with E-state index in [1.807, 2.05) is 24.3 Å². The predicted molar refractivity (Wildman–Crippen MR) is 100 cm³/mol. The molecule has 0 aromatic heterocycles. The molecule has 1 saturated heterocycles. The van der Waals surface area contributed by atoms with Crippen LogP contribution in [0.5, 0.6) is 17.2 Å². The normalized spacial score (nSPS) is 18.4. The standard InChI is InChI=1S/C22H23NO4/c1-26-16-7-5-6-15(12-16)13-20-21(25)17-8-9-19(24)18(22(17)27-20)14-23-10-3-2-4-11-23/h5-9,12-13,24H,2-4,10-11,14H2,1H3/b20-13-. The monoisotopic (exact) mass is 365 g/mol. The molecule has 2 aliphatic heterocycles. The number of benzene rings is 2. The molecule has 2 aromatic carbocycles. The number of hydrogen-bond acceptors (Lipinski definition) is 4. The number of allylic oxidation sites excluding steroid dienone is 1. The maximum absolute atomic E-state index is 12.8. The van der Waals surface area contributed by atoms with Crippen LogP contribution in [-0.4, -0.2) is 26.0 Å². The van der Waals surface area contributed by atoms with Crippen LogP contribution in [0.3, 0.4) is 0 Å². The Hall–Kier alpha value is -2.79. The van der Waals surface area contributed by atoms with Gasteiger partial charge in [0.2, 0.25) is 5.78 Å². The molecule has 5 heteroatoms. The maximum atomic E-state index is 12.8. The summed E-state index contributed by atoms with van der Waals surface area (Å²) in [6.07, 6.45) is 5.31. The summed E-state index contributed by atoms with van der Waals surface area (Å²) in [5, 5.41) is 12.5. The van der Waals surface area contributed by atoms with E-state index in [2.05, 4.69) is 0 Å². The number of likely N-dealkylation sites (tertiary alicyclic amines) is 1. The minimum absolute atomic E-state index is 0.0535. The first kappa shape index (κ1) is 17.6. The Bertz CT molecular complexity index is 897. The summed E-state index contributed by atoms with van der Waals surface area (Å²) in [7, 11) is 1.60. The molecule has 0 saturated carbocycles. The van der Waals surface area contributed by atoms with Crippen LogP contribution in [0.2, 0.25) is 0 Å². The average Bonchev–Trinajstić information content (AvgIpc) is 3.01. The van der Waals surface area contributed by atoms with Crippen molar-refractivity contribution in [2.75, 3.05) is 20.2 Å². The van der Waals surface area contributed by atoms with Crippen LogP contribution < -0.4 is 19.5 Å². The molecule has 0 bridgehead atoms. The Labute approximate surface area is 158 Å². The van der Waals surface area contributed by atoms with Crippen molar-refractivity contribution in [1.29, 1.82) is 0 Å². The largest absolute Gasteiger partial charge is 0.872 e. The predicted octanol–water partition coefficient (Wildman–Crippen LogP) is 1.95. The average molecular weight is 365 g/mol. The van der Waals surface area contributed by atoms with E-state index in [4.69, 9.17) is 9.47 Å². The number of ether oxygens (including phenoxy) is 2. The van der Waals surface area contributed by atoms with Gasteiger partial charge in [-0.15, -0.1) is 0 Å². The van der Waals surface area contributed by atoms with Gasteiger partial charge in [-0.25, -0.2) is 0 Å². The molecule has 2 heterocycles. The minimum atomic E-state index is -0.178. The lowest BCUT2D eigenvalue weighted by Gasteiger charge is -2.26. The van der Waals surface area contributed by atoms with Crippen molar-refractivity contribution in [2.45, 2.75) is 25.8 Å². The fraction of sp³-hybridized carbons (Fsp3) is 0.318. The van der Waals surface area contributed by atoms with Crippen LogP contribution in [0, 0.1) is 0 Å². The van der Waals surface area contributed by atoms with Gasteiger partial charge < -0.3 is 19.5 Å². The highest BCUT2D eigenvalue weighted by molar-refractivity contribution is 6.14. The number of methoxy groups -OCH3 is 1. The molecule has 140 valence electrons. The zero-order valence-corrected chi connectivity index (χ0v) is 15.4. The number of nitrogens with one attached hydrogen (secondary N) is 1. The van der Waals surface area contributed by atoms with Crippen molar-refractivity contribution in [3.8, 4) is 17.2 Å². The molecule has 0 atom stereocenters. The van der Waals surface area contributed by atoms with E-state index >= 15 is 0 Å². The van der Waals surface area contributed by atoms with Gasteiger partial charge in [0.1, 0.15) is 18.0 Å². The molecule has 0 amide bonds. The summed E-state index contributed by atoms with van der Waals surface area (Å²) in [6, 6.07) is 10.5. The Morgan fingerprint density at radius 2 is 2.00 bits per heavy atom. The first-order chi connectivity index (χ1) is 13.2. The summed E-state index contributed by atoms with van der Waals surface area (Å²) >= 11 is 0. The Kier molecular flexibility index (Phi) is 4.86. The lowest BCUT2D eigenvalue weighted by molar-refractivity contribution is -0.918. The van der Waals surface area contributed by atoms with Crippen molar-refractivity contribution < 1.29 is 24.3 Å². The van der Waals surface area contributed by atoms with Gasteiger partial charge in [-0.3, -0.25) is 4.79 Å². The minimum Gasteiger partial charge on any atom is -0.872 e. The smallest absolute Gasteiger partial charge is 0.231 e. The SMILES string of the molecule is COc1cccc(/C=C2\Oc3c(ccc([O-])c3C[NH+]3CCCCC3)C2=O)c1. The number of piperidine rings is 1. The summed E-state index contributed by atoms with van der Waals surface area (Å²) in [5.41, 5.74) is 1.91. The van der Waals surface area contributed by atoms with Crippen LogP contribution in [0.25, 0.3) is 6.08 Å². The van der Waals surface area contributed by atoms with Gasteiger partial charge >= 0.3 is 0 Å². The molecule has 0 aliphatic carbocycles. The third kappa shape index (κ3) is 3.55. The van der Waals surface area contributed by atoms with Crippen molar-refractivity contribution in [2.24, 2.45) is 0 Å². The topological polar surface area (TPSA) is 63.0 Å². The molecule has 1 N–H and O–H groups in total. The van der Waals surface area contributed by atoms with Gasteiger partial charge in [-0.1, -0.05) is 23.9 Å². The zero-order chi connectivity index (χ0) is 18.8. The fourth-order valence-electron chi connectivity index (χ4n) is 3.82. The third-order valence-electron chi connectivity index (χ3n) is 5.28. The summed E-state index contributed by atoms with van der Waals surface area (Å²) in [6.45, 7) is 2.73. The van der Waals surface area contributed by atoms with Gasteiger partial charge in [0.25, 0.3) is 0 Å². The molecule has 4 rings (SSSR count). The molecule has 5 nitrogen and oxygen atoms in total. The lowest BCUT2D eigenvalue weighted by atomic mass is 10.0. The molecule has 0 unspecified atom stereocenters. The highest BCUT2D eigenvalue weighted by Crippen LogP contribution is 2.38. The van der Waals surface area contributed by atoms with Crippen LogP contribution in [0.4, 0.5) is 0 Å². The number of carbonyl (C=O) groups is 1. The number of fused-ring (bicyclic) bond motifs is 1. The zero-order valence-electron chi connectivity index (χ0n) is 15.4. The van der Waals surface area contributed by atoms with Crippen LogP contribution >= 0.6 is 0 Å². The number of carbonyl (C=O) groups excluding carboxylic acids is 1. The Morgan fingerprint density at radius 1 is 1.19 bits per heavy atom. The van der Waals surface area contributed by atoms with Gasteiger partial charge in [-0.05, 0) is 49.1 Å². The molecular formula is C22H23NO4. The number of ketones is 1. The molecule has 27 heavy (non-hydrogen) atoms. The summed E-state index contributed by atoms with van der Waals surface area (Å²) < 4.78 is 11.1. The van der Waals surface area contributed by atoms with Gasteiger partial charge in [-0.2, -0.15) is 0 Å². The van der Waals surface area contributed by atoms with Crippen molar-refractivity contribution in [1.82, 2.24) is 0 Å². The van der Waals surface area contributed by atoms with E-state index in [0.29, 0.717) is 29.2 Å². The molecule has 2 aliphatic rings. The maximum Gasteiger partial charge on any atom is 0.231 e. The van der Waals surface area contributed by atoms with E-state index < -0.39 is 0 Å². The Balaban J connectivity index is 1.64. The van der Waals surface area contributed by atoms with Crippen molar-refractivity contribution >= 4 is 11.9 Å². The quantitative estimate of drug-likeness (QED) is 0.842. The Morgan fingerprint density at radius 3 is 2.78 bits per heavy atom. The van der Waals surface area contributed by atoms with E-state index in [-0.39, 0.29) is 17.3 Å². The second kappa shape index (κ2) is 7.45. The van der Waals surface area contributed by atoms with E-state index in [9.17, 15) is 9.90 Å². The highest BCUT2D eigenvalue weighted by atomic mass is 16.5. The van der Waals surface area contributed by atoms with Crippen LogP contribution in [0.1, 0.15) is 40.7 Å². The van der Waals surface area contributed by atoms with Crippen molar-refractivity contribution in [3.63, 3.8) is 0 Å². The van der Waals surface area contributed by atoms with E-state index in [1.54, 1.807) is 19.3 Å². The number of Topliss-reactive ketones (excluding diaryl/α,β-unsaturated/α-hetero) is 1. The molecular weight excluding hydrogens is 342 g/mol. The van der Waals surface area contributed by atoms with Crippen molar-refractivity contribution in [3.05, 3.63) is 58.8 Å². The second-order valence-corrected chi connectivity index (χ2v) is 7.12. The lowest BCUT2D eigenvalue weighted by Crippen LogP contribution is -3.11. The van der Waals surface area contributed by atoms with E-state index in [0.717, 1.165) is 18.7 Å². The fourth-order valence-corrected chi connectivity index (χ4v) is 3.82. The molecule has 0 spiro atoms. The first-order valence-corrected chi connectivity index (χ1v) is 9.40. The van der Waals surface area contributed by atoms with Crippen LogP contribution in [-0.2, 0) is 6.54 Å². The molecule has 0 radical (unpaired) electrons. The van der Waals surface area contributed by atoms with Gasteiger partial charge in [0.15, 0.2) is 5.76 Å². The highest BCUT2D eigenvalue weighted by Gasteiger charge is 2.31. The number of rotatable bonds is 4. The molecule has 2 aromatic rings. The van der Waals surface area contributed by atoms with Gasteiger partial charge in [0.05, 0.1) is 25.8 Å². The third-order valence-corrected chi connectivity index (χ3v) is 5.28. The van der Waals surface area contributed by atoms with E-state index in [1.165, 1.54) is 30.2 Å². The summed E-state index contributed by atoms with van der Waals surface area (Å²) in [5.74, 6) is 1.17. The summed E-state index contributed by atoms with van der Waals surface area (Å²) in [4.78, 5) is 14.2. The first-order valence-electron chi connectivity index (χ1n) is 9.40. The number of quaternary nitrogens is 1. The number of hydrogen-bond donors (Lipinski definition) is 1. The van der Waals surface area contributed by atoms with Gasteiger partial charge in [0, 0.05) is 5.56 Å². The van der Waals surface area contributed by atoms with Crippen LogP contribution in [0.15, 0.2) is 42.2 Å².